The minimum absolute atomic E-state index is 0.414. The molecule has 0 fully saturated rings. The van der Waals surface area contributed by atoms with Gasteiger partial charge in [0.1, 0.15) is 11.2 Å². The van der Waals surface area contributed by atoms with Gasteiger partial charge in [0.15, 0.2) is 5.82 Å². The van der Waals surface area contributed by atoms with Gasteiger partial charge in [-0.3, -0.25) is 4.98 Å². The van der Waals surface area contributed by atoms with Crippen molar-refractivity contribution in [1.82, 2.24) is 19.9 Å². The molecule has 1 N–H and O–H groups in total. The molecule has 94 valence electrons. The molecular formula is C13H10N4O2. The molecule has 0 spiro atoms. The number of imidazole rings is 1. The van der Waals surface area contributed by atoms with E-state index in [0.29, 0.717) is 22.6 Å². The summed E-state index contributed by atoms with van der Waals surface area (Å²) in [6, 6.07) is 5.29. The zero-order valence-electron chi connectivity index (χ0n) is 10.1. The molecule has 3 rings (SSSR count). The van der Waals surface area contributed by atoms with E-state index in [9.17, 15) is 4.79 Å². The minimum Gasteiger partial charge on any atom is -0.465 e. The number of rotatable bonds is 2. The summed E-state index contributed by atoms with van der Waals surface area (Å²) < 4.78 is 4.74. The Kier molecular flexibility index (Phi) is 2.68. The number of hydrogen-bond donors (Lipinski definition) is 1. The summed E-state index contributed by atoms with van der Waals surface area (Å²) in [7, 11) is 1.34. The van der Waals surface area contributed by atoms with Crippen LogP contribution in [0, 0.1) is 0 Å². The molecule has 0 aliphatic heterocycles. The standard InChI is InChI=1S/C13H10N4O2/c1-19-13(18)8-3-2-4-9-11(8)17-12(16-9)10-7-14-5-6-15-10/h2-7H,1H3,(H,16,17). The van der Waals surface area contributed by atoms with Crippen molar-refractivity contribution in [3.05, 3.63) is 42.4 Å². The average molecular weight is 254 g/mol. The van der Waals surface area contributed by atoms with E-state index in [0.717, 1.165) is 5.52 Å². The van der Waals surface area contributed by atoms with Crippen LogP contribution in [0.25, 0.3) is 22.6 Å². The van der Waals surface area contributed by atoms with E-state index in [4.69, 9.17) is 4.74 Å². The maximum absolute atomic E-state index is 11.7. The van der Waals surface area contributed by atoms with E-state index in [-0.39, 0.29) is 0 Å². The molecule has 0 radical (unpaired) electrons. The van der Waals surface area contributed by atoms with Gasteiger partial charge < -0.3 is 9.72 Å². The second-order valence-electron chi connectivity index (χ2n) is 3.87. The molecule has 0 aliphatic rings. The van der Waals surface area contributed by atoms with E-state index in [1.165, 1.54) is 7.11 Å². The van der Waals surface area contributed by atoms with Crippen molar-refractivity contribution in [3.63, 3.8) is 0 Å². The number of para-hydroxylation sites is 1. The molecule has 6 nitrogen and oxygen atoms in total. The molecule has 1 aromatic carbocycles. The summed E-state index contributed by atoms with van der Waals surface area (Å²) in [5.74, 6) is 0.155. The van der Waals surface area contributed by atoms with Gasteiger partial charge in [0.05, 0.1) is 24.4 Å². The van der Waals surface area contributed by atoms with Crippen LogP contribution in [-0.4, -0.2) is 33.0 Å². The number of carbonyl (C=O) groups is 1. The molecule has 6 heteroatoms. The van der Waals surface area contributed by atoms with E-state index in [2.05, 4.69) is 19.9 Å². The van der Waals surface area contributed by atoms with Crippen LogP contribution in [-0.2, 0) is 4.74 Å². The second-order valence-corrected chi connectivity index (χ2v) is 3.87. The molecule has 2 heterocycles. The normalized spacial score (nSPS) is 10.6. The molecule has 19 heavy (non-hydrogen) atoms. The fourth-order valence-electron chi connectivity index (χ4n) is 1.85. The second kappa shape index (κ2) is 4.49. The van der Waals surface area contributed by atoms with Crippen LogP contribution in [0.2, 0.25) is 0 Å². The summed E-state index contributed by atoms with van der Waals surface area (Å²) in [6.45, 7) is 0. The molecule has 0 amide bonds. The molecule has 0 saturated heterocycles. The first-order valence-electron chi connectivity index (χ1n) is 5.63. The number of nitrogens with zero attached hydrogens (tertiary/aromatic N) is 3. The number of aromatic amines is 1. The van der Waals surface area contributed by atoms with Gasteiger partial charge in [-0.1, -0.05) is 6.07 Å². The highest BCUT2D eigenvalue weighted by atomic mass is 16.5. The van der Waals surface area contributed by atoms with Crippen molar-refractivity contribution in [1.29, 1.82) is 0 Å². The number of hydrogen-bond acceptors (Lipinski definition) is 5. The Hall–Kier alpha value is -2.76. The summed E-state index contributed by atoms with van der Waals surface area (Å²) >= 11 is 0. The Labute approximate surface area is 108 Å². The van der Waals surface area contributed by atoms with Crippen LogP contribution in [0.3, 0.4) is 0 Å². The van der Waals surface area contributed by atoms with Crippen LogP contribution in [0.5, 0.6) is 0 Å². The van der Waals surface area contributed by atoms with Gasteiger partial charge in [-0.2, -0.15) is 0 Å². The van der Waals surface area contributed by atoms with E-state index >= 15 is 0 Å². The molecule has 2 aromatic heterocycles. The zero-order valence-corrected chi connectivity index (χ0v) is 10.1. The predicted molar refractivity (Wildman–Crippen MR) is 68.5 cm³/mol. The monoisotopic (exact) mass is 254 g/mol. The van der Waals surface area contributed by atoms with Crippen molar-refractivity contribution in [2.75, 3.05) is 7.11 Å². The van der Waals surface area contributed by atoms with Gasteiger partial charge in [0, 0.05) is 12.4 Å². The van der Waals surface area contributed by atoms with Crippen molar-refractivity contribution < 1.29 is 9.53 Å². The number of carbonyl (C=O) groups excluding carboxylic acids is 1. The molecule has 3 aromatic rings. The highest BCUT2D eigenvalue weighted by Gasteiger charge is 2.14. The Morgan fingerprint density at radius 1 is 1.32 bits per heavy atom. The Bertz CT molecular complexity index is 737. The number of esters is 1. The smallest absolute Gasteiger partial charge is 0.340 e. The van der Waals surface area contributed by atoms with Crippen molar-refractivity contribution >= 4 is 17.0 Å². The van der Waals surface area contributed by atoms with Crippen LogP contribution in [0.1, 0.15) is 10.4 Å². The first-order valence-corrected chi connectivity index (χ1v) is 5.63. The van der Waals surface area contributed by atoms with Gasteiger partial charge in [-0.05, 0) is 12.1 Å². The van der Waals surface area contributed by atoms with Crippen LogP contribution < -0.4 is 0 Å². The van der Waals surface area contributed by atoms with Crippen LogP contribution >= 0.6 is 0 Å². The summed E-state index contributed by atoms with van der Waals surface area (Å²) in [5, 5.41) is 0. The summed E-state index contributed by atoms with van der Waals surface area (Å²) in [6.07, 6.45) is 4.78. The first kappa shape index (κ1) is 11.3. The maximum atomic E-state index is 11.7. The zero-order chi connectivity index (χ0) is 13.2. The number of aromatic nitrogens is 4. The fraction of sp³-hybridized carbons (Fsp3) is 0.0769. The number of nitrogens with one attached hydrogen (secondary N) is 1. The lowest BCUT2D eigenvalue weighted by molar-refractivity contribution is 0.0603. The first-order chi connectivity index (χ1) is 9.29. The maximum Gasteiger partial charge on any atom is 0.340 e. The lowest BCUT2D eigenvalue weighted by Gasteiger charge is -1.98. The summed E-state index contributed by atoms with van der Waals surface area (Å²) in [4.78, 5) is 27.3. The average Bonchev–Trinajstić information content (AvgIpc) is 2.91. The van der Waals surface area contributed by atoms with Gasteiger partial charge >= 0.3 is 5.97 Å². The third kappa shape index (κ3) is 1.93. The molecule has 0 saturated carbocycles. The summed E-state index contributed by atoms with van der Waals surface area (Å²) in [5.41, 5.74) is 2.36. The minimum atomic E-state index is -0.414. The SMILES string of the molecule is COC(=O)c1cccc2[nH]c(-c3cnccn3)nc12. The number of fused-ring (bicyclic) bond motifs is 1. The molecule has 0 aliphatic carbocycles. The van der Waals surface area contributed by atoms with E-state index in [1.54, 1.807) is 30.7 Å². The number of methoxy groups -OCH3 is 1. The fourth-order valence-corrected chi connectivity index (χ4v) is 1.85. The van der Waals surface area contributed by atoms with Crippen molar-refractivity contribution in [2.24, 2.45) is 0 Å². The van der Waals surface area contributed by atoms with E-state index < -0.39 is 5.97 Å². The third-order valence-corrected chi connectivity index (χ3v) is 2.72. The number of benzene rings is 1. The van der Waals surface area contributed by atoms with E-state index in [1.807, 2.05) is 6.07 Å². The van der Waals surface area contributed by atoms with Gasteiger partial charge in [-0.25, -0.2) is 14.8 Å². The number of H-pyrrole nitrogens is 1. The largest absolute Gasteiger partial charge is 0.465 e. The lowest BCUT2D eigenvalue weighted by atomic mass is 10.2. The van der Waals surface area contributed by atoms with Gasteiger partial charge in [-0.15, -0.1) is 0 Å². The molecule has 0 unspecified atom stereocenters. The third-order valence-electron chi connectivity index (χ3n) is 2.72. The van der Waals surface area contributed by atoms with Crippen LogP contribution in [0.15, 0.2) is 36.8 Å². The Morgan fingerprint density at radius 2 is 2.21 bits per heavy atom. The Balaban J connectivity index is 2.19. The molecular weight excluding hydrogens is 244 g/mol. The molecule has 0 atom stereocenters. The van der Waals surface area contributed by atoms with Crippen LogP contribution in [0.4, 0.5) is 0 Å². The van der Waals surface area contributed by atoms with Crippen molar-refractivity contribution in [3.8, 4) is 11.5 Å². The highest BCUT2D eigenvalue weighted by Crippen LogP contribution is 2.21. The highest BCUT2D eigenvalue weighted by molar-refractivity contribution is 6.02. The topological polar surface area (TPSA) is 80.8 Å². The quantitative estimate of drug-likeness (QED) is 0.705. The van der Waals surface area contributed by atoms with Gasteiger partial charge in [0.25, 0.3) is 0 Å². The number of ether oxygens (including phenoxy) is 1. The Morgan fingerprint density at radius 3 is 2.95 bits per heavy atom. The lowest BCUT2D eigenvalue weighted by Crippen LogP contribution is -2.01. The van der Waals surface area contributed by atoms with Crippen molar-refractivity contribution in [2.45, 2.75) is 0 Å². The molecule has 0 bridgehead atoms. The van der Waals surface area contributed by atoms with Gasteiger partial charge in [0.2, 0.25) is 0 Å². The predicted octanol–water partition coefficient (Wildman–Crippen LogP) is 1.81.